The third-order valence-electron chi connectivity index (χ3n) is 6.19. The largest absolute Gasteiger partial charge is 0.465 e. The van der Waals surface area contributed by atoms with Gasteiger partial charge in [-0.3, -0.25) is 4.79 Å². The second-order valence-corrected chi connectivity index (χ2v) is 6.61. The summed E-state index contributed by atoms with van der Waals surface area (Å²) in [5.41, 5.74) is 0. The minimum atomic E-state index is 0.0146. The van der Waals surface area contributed by atoms with Gasteiger partial charge in [-0.25, -0.2) is 0 Å². The maximum absolute atomic E-state index is 11.9. The van der Waals surface area contributed by atoms with E-state index in [-0.39, 0.29) is 18.0 Å². The van der Waals surface area contributed by atoms with Gasteiger partial charge in [-0.15, -0.1) is 0 Å². The number of carbonyl (C=O) groups is 1. The molecule has 0 aromatic heterocycles. The Morgan fingerprint density at radius 2 is 1.78 bits per heavy atom. The van der Waals surface area contributed by atoms with Gasteiger partial charge in [0.05, 0.1) is 24.7 Å². The van der Waals surface area contributed by atoms with Crippen molar-refractivity contribution in [1.82, 2.24) is 0 Å². The van der Waals surface area contributed by atoms with Crippen LogP contribution >= 0.6 is 0 Å². The predicted octanol–water partition coefficient (Wildman–Crippen LogP) is 2.25. The van der Waals surface area contributed by atoms with Crippen LogP contribution in [0, 0.1) is 35.5 Å². The Kier molecular flexibility index (Phi) is 2.33. The number of cyclic esters (lactones) is 1. The lowest BCUT2D eigenvalue weighted by molar-refractivity contribution is -0.144. The molecule has 0 spiro atoms. The van der Waals surface area contributed by atoms with E-state index in [0.29, 0.717) is 30.5 Å². The average Bonchev–Trinajstić information content (AvgIpc) is 3.07. The number of ether oxygens (including phenoxy) is 2. The molecule has 3 nitrogen and oxygen atoms in total. The molecule has 3 saturated heterocycles. The minimum absolute atomic E-state index is 0.0146. The Morgan fingerprint density at radius 1 is 1.11 bits per heavy atom. The lowest BCUT2D eigenvalue weighted by Gasteiger charge is -2.32. The fourth-order valence-corrected chi connectivity index (χ4v) is 5.49. The zero-order valence-electron chi connectivity index (χ0n) is 11.2. The maximum atomic E-state index is 11.9. The van der Waals surface area contributed by atoms with Gasteiger partial charge in [-0.1, -0.05) is 26.7 Å². The summed E-state index contributed by atoms with van der Waals surface area (Å²) in [6, 6.07) is 0. The fourth-order valence-electron chi connectivity index (χ4n) is 5.49. The highest BCUT2D eigenvalue weighted by atomic mass is 16.6. The number of hydrogen-bond donors (Lipinski definition) is 0. The molecule has 4 aliphatic rings. The van der Waals surface area contributed by atoms with Crippen molar-refractivity contribution in [3.05, 3.63) is 0 Å². The summed E-state index contributed by atoms with van der Waals surface area (Å²) in [7, 11) is 0. The van der Waals surface area contributed by atoms with Crippen molar-refractivity contribution < 1.29 is 14.3 Å². The van der Waals surface area contributed by atoms with Gasteiger partial charge in [-0.05, 0) is 30.1 Å². The number of hydrogen-bond acceptors (Lipinski definition) is 3. The van der Waals surface area contributed by atoms with E-state index in [1.165, 1.54) is 19.3 Å². The van der Waals surface area contributed by atoms with Crippen molar-refractivity contribution in [1.29, 1.82) is 0 Å². The van der Waals surface area contributed by atoms with Gasteiger partial charge in [0.2, 0.25) is 0 Å². The van der Waals surface area contributed by atoms with Crippen LogP contribution in [0.25, 0.3) is 0 Å². The van der Waals surface area contributed by atoms with Crippen molar-refractivity contribution in [3.63, 3.8) is 0 Å². The van der Waals surface area contributed by atoms with E-state index in [1.807, 2.05) is 0 Å². The molecule has 18 heavy (non-hydrogen) atoms. The third kappa shape index (κ3) is 1.17. The van der Waals surface area contributed by atoms with Crippen molar-refractivity contribution in [3.8, 4) is 0 Å². The molecule has 8 atom stereocenters. The molecule has 0 radical (unpaired) electrons. The molecular weight excluding hydrogens is 228 g/mol. The van der Waals surface area contributed by atoms with Crippen LogP contribution in [0.1, 0.15) is 33.1 Å². The Hall–Kier alpha value is -0.570. The van der Waals surface area contributed by atoms with Crippen LogP contribution in [0.4, 0.5) is 0 Å². The topological polar surface area (TPSA) is 35.5 Å². The van der Waals surface area contributed by atoms with E-state index in [0.717, 1.165) is 11.8 Å². The van der Waals surface area contributed by atoms with Gasteiger partial charge >= 0.3 is 5.97 Å². The van der Waals surface area contributed by atoms with Crippen molar-refractivity contribution in [2.24, 2.45) is 35.5 Å². The molecule has 0 N–H and O–H groups in total. The zero-order valence-corrected chi connectivity index (χ0v) is 11.2. The van der Waals surface area contributed by atoms with Gasteiger partial charge in [0.15, 0.2) is 0 Å². The molecule has 8 unspecified atom stereocenters. The summed E-state index contributed by atoms with van der Waals surface area (Å²) in [4.78, 5) is 11.9. The summed E-state index contributed by atoms with van der Waals surface area (Å²) < 4.78 is 11.5. The molecule has 3 heterocycles. The molecule has 0 amide bonds. The normalized spacial score (nSPS) is 56.7. The van der Waals surface area contributed by atoms with Crippen LogP contribution in [-0.4, -0.2) is 24.8 Å². The number of carbonyl (C=O) groups excluding carboxylic acids is 1. The van der Waals surface area contributed by atoms with E-state index >= 15 is 0 Å². The van der Waals surface area contributed by atoms with Crippen molar-refractivity contribution >= 4 is 5.97 Å². The summed E-state index contributed by atoms with van der Waals surface area (Å²) in [5.74, 6) is 3.38. The second kappa shape index (κ2) is 3.72. The highest BCUT2D eigenvalue weighted by Crippen LogP contribution is 2.62. The molecular formula is C15H22O3. The van der Waals surface area contributed by atoms with Crippen LogP contribution in [0.5, 0.6) is 0 Å². The second-order valence-electron chi connectivity index (χ2n) is 6.61. The van der Waals surface area contributed by atoms with Crippen LogP contribution < -0.4 is 0 Å². The van der Waals surface area contributed by atoms with E-state index in [9.17, 15) is 4.79 Å². The molecule has 0 aromatic carbocycles. The quantitative estimate of drug-likeness (QED) is 0.705. The molecule has 3 heteroatoms. The zero-order chi connectivity index (χ0) is 12.4. The SMILES string of the molecule is CCC1CC(CC)C2C3OC(C4COC(=O)C43)C12. The highest BCUT2D eigenvalue weighted by Gasteiger charge is 2.68. The molecule has 4 fully saturated rings. The Morgan fingerprint density at radius 3 is 2.44 bits per heavy atom. The monoisotopic (exact) mass is 250 g/mol. The van der Waals surface area contributed by atoms with Crippen molar-refractivity contribution in [2.75, 3.05) is 6.61 Å². The smallest absolute Gasteiger partial charge is 0.312 e. The van der Waals surface area contributed by atoms with Gasteiger partial charge in [0, 0.05) is 5.92 Å². The van der Waals surface area contributed by atoms with Gasteiger partial charge in [-0.2, -0.15) is 0 Å². The van der Waals surface area contributed by atoms with Gasteiger partial charge < -0.3 is 9.47 Å². The summed E-state index contributed by atoms with van der Waals surface area (Å²) in [6.45, 7) is 5.21. The molecule has 4 rings (SSSR count). The lowest BCUT2D eigenvalue weighted by atomic mass is 9.67. The first kappa shape index (κ1) is 11.3. The molecule has 0 aromatic rings. The summed E-state index contributed by atoms with van der Waals surface area (Å²) in [5, 5.41) is 0. The van der Waals surface area contributed by atoms with Crippen molar-refractivity contribution in [2.45, 2.75) is 45.3 Å². The number of rotatable bonds is 2. The van der Waals surface area contributed by atoms with E-state index in [2.05, 4.69) is 13.8 Å². The maximum Gasteiger partial charge on any atom is 0.312 e. The summed E-state index contributed by atoms with van der Waals surface area (Å²) >= 11 is 0. The standard InChI is InChI=1S/C15H22O3/c1-3-7-5-8(4-2)11-10(7)13-9-6-17-15(16)12(9)14(11)18-13/h7-14H,3-6H2,1-2H3. The van der Waals surface area contributed by atoms with Gasteiger partial charge in [0.1, 0.15) is 0 Å². The molecule has 1 saturated carbocycles. The van der Waals surface area contributed by atoms with E-state index in [4.69, 9.17) is 9.47 Å². The van der Waals surface area contributed by atoms with Crippen LogP contribution in [0.15, 0.2) is 0 Å². The lowest BCUT2D eigenvalue weighted by Crippen LogP contribution is -2.41. The first-order valence-electron chi connectivity index (χ1n) is 7.58. The first-order valence-corrected chi connectivity index (χ1v) is 7.58. The Bertz CT molecular complexity index is 380. The van der Waals surface area contributed by atoms with E-state index in [1.54, 1.807) is 0 Å². The van der Waals surface area contributed by atoms with Crippen LogP contribution in [-0.2, 0) is 14.3 Å². The number of esters is 1. The number of fused-ring (bicyclic) bond motifs is 8. The third-order valence-corrected chi connectivity index (χ3v) is 6.19. The van der Waals surface area contributed by atoms with Crippen LogP contribution in [0.2, 0.25) is 0 Å². The average molecular weight is 250 g/mol. The predicted molar refractivity (Wildman–Crippen MR) is 65.8 cm³/mol. The van der Waals surface area contributed by atoms with E-state index < -0.39 is 0 Å². The Balaban J connectivity index is 1.69. The molecule has 100 valence electrons. The first-order chi connectivity index (χ1) is 8.76. The Labute approximate surface area is 108 Å². The highest BCUT2D eigenvalue weighted by molar-refractivity contribution is 5.76. The molecule has 3 aliphatic heterocycles. The minimum Gasteiger partial charge on any atom is -0.465 e. The van der Waals surface area contributed by atoms with Gasteiger partial charge in [0.25, 0.3) is 0 Å². The van der Waals surface area contributed by atoms with Crippen LogP contribution in [0.3, 0.4) is 0 Å². The molecule has 2 bridgehead atoms. The fraction of sp³-hybridized carbons (Fsp3) is 0.933. The molecule has 1 aliphatic carbocycles. The summed E-state index contributed by atoms with van der Waals surface area (Å²) in [6.07, 6.45) is 4.35.